The zero-order valence-electron chi connectivity index (χ0n) is 9.90. The van der Waals surface area contributed by atoms with Crippen LogP contribution in [0.5, 0.6) is 0 Å². The summed E-state index contributed by atoms with van der Waals surface area (Å²) in [6, 6.07) is 0. The molecule has 0 saturated heterocycles. The average Bonchev–Trinajstić information content (AvgIpc) is 2.34. The smallest absolute Gasteiger partial charge is 0.307 e. The number of amides is 1. The Morgan fingerprint density at radius 3 is 2.59 bits per heavy atom. The minimum atomic E-state index is -0.900. The molecule has 0 heterocycles. The fraction of sp³-hybridized carbons (Fsp3) is 0.538. The Morgan fingerprint density at radius 2 is 2.00 bits per heavy atom. The van der Waals surface area contributed by atoms with E-state index in [1.165, 1.54) is 0 Å². The van der Waals surface area contributed by atoms with Gasteiger partial charge in [0, 0.05) is 13.0 Å². The van der Waals surface area contributed by atoms with Gasteiger partial charge in [-0.15, -0.1) is 11.8 Å². The number of aliphatic carboxylic acids is 1. The van der Waals surface area contributed by atoms with Crippen molar-refractivity contribution < 1.29 is 14.7 Å². The average molecular weight is 235 g/mol. The largest absolute Gasteiger partial charge is 0.481 e. The normalized spacial score (nSPS) is 22.4. The van der Waals surface area contributed by atoms with E-state index in [-0.39, 0.29) is 5.91 Å². The van der Waals surface area contributed by atoms with Crippen LogP contribution in [0.25, 0.3) is 0 Å². The molecule has 2 unspecified atom stereocenters. The number of rotatable bonds is 4. The highest BCUT2D eigenvalue weighted by Gasteiger charge is 2.33. The lowest BCUT2D eigenvalue weighted by Crippen LogP contribution is -2.39. The predicted octanol–water partition coefficient (Wildman–Crippen LogP) is 1.18. The van der Waals surface area contributed by atoms with E-state index in [1.807, 2.05) is 12.2 Å². The molecule has 2 atom stereocenters. The van der Waals surface area contributed by atoms with Gasteiger partial charge in [0.2, 0.25) is 5.91 Å². The number of carboxylic acids is 1. The maximum Gasteiger partial charge on any atom is 0.307 e. The molecule has 0 aromatic heterocycles. The molecule has 0 radical (unpaired) electrons. The second-order valence-electron chi connectivity index (χ2n) is 3.96. The molecule has 0 bridgehead atoms. The molecule has 4 heteroatoms. The summed E-state index contributed by atoms with van der Waals surface area (Å²) < 4.78 is 0. The molecule has 0 aromatic rings. The third-order valence-electron chi connectivity index (χ3n) is 2.81. The summed E-state index contributed by atoms with van der Waals surface area (Å²) in [6.07, 6.45) is 5.23. The first-order valence-electron chi connectivity index (χ1n) is 5.72. The van der Waals surface area contributed by atoms with Gasteiger partial charge in [0.25, 0.3) is 0 Å². The fourth-order valence-electron chi connectivity index (χ4n) is 1.88. The number of allylic oxidation sites excluding steroid dienone is 2. The van der Waals surface area contributed by atoms with E-state index in [0.717, 1.165) is 0 Å². The predicted molar refractivity (Wildman–Crippen MR) is 64.1 cm³/mol. The maximum atomic E-state index is 11.8. The quantitative estimate of drug-likeness (QED) is 0.437. The maximum absolute atomic E-state index is 11.8. The highest BCUT2D eigenvalue weighted by Crippen LogP contribution is 2.25. The van der Waals surface area contributed by atoms with Gasteiger partial charge in [0.1, 0.15) is 0 Å². The van der Waals surface area contributed by atoms with E-state index in [2.05, 4.69) is 17.2 Å². The van der Waals surface area contributed by atoms with Crippen molar-refractivity contribution in [1.29, 1.82) is 0 Å². The summed E-state index contributed by atoms with van der Waals surface area (Å²) in [7, 11) is 0. The Bertz CT molecular complexity index is 376. The van der Waals surface area contributed by atoms with E-state index in [1.54, 1.807) is 6.92 Å². The van der Waals surface area contributed by atoms with Crippen molar-refractivity contribution in [2.24, 2.45) is 11.8 Å². The van der Waals surface area contributed by atoms with Crippen LogP contribution in [-0.4, -0.2) is 23.5 Å². The number of nitrogens with one attached hydrogen (secondary N) is 1. The van der Waals surface area contributed by atoms with E-state index >= 15 is 0 Å². The van der Waals surface area contributed by atoms with Crippen LogP contribution in [0.3, 0.4) is 0 Å². The summed E-state index contributed by atoms with van der Waals surface area (Å²) >= 11 is 0. The van der Waals surface area contributed by atoms with Crippen LogP contribution in [-0.2, 0) is 9.59 Å². The van der Waals surface area contributed by atoms with Gasteiger partial charge in [-0.05, 0) is 19.8 Å². The topological polar surface area (TPSA) is 66.4 Å². The van der Waals surface area contributed by atoms with E-state index in [9.17, 15) is 9.59 Å². The van der Waals surface area contributed by atoms with Crippen molar-refractivity contribution in [3.8, 4) is 11.8 Å². The third kappa shape index (κ3) is 3.95. The zero-order valence-corrected chi connectivity index (χ0v) is 9.90. The molecule has 2 N–H and O–H groups in total. The number of carbonyl (C=O) groups excluding carboxylic acids is 1. The number of hydrogen-bond acceptors (Lipinski definition) is 2. The number of hydrogen-bond donors (Lipinski definition) is 2. The molecular formula is C13H17NO3. The zero-order chi connectivity index (χ0) is 12.7. The number of carboxylic acid groups (broad SMARTS) is 1. The number of carbonyl (C=O) groups is 2. The van der Waals surface area contributed by atoms with Gasteiger partial charge in [-0.25, -0.2) is 0 Å². The van der Waals surface area contributed by atoms with Crippen molar-refractivity contribution in [2.75, 3.05) is 6.54 Å². The molecule has 0 fully saturated rings. The van der Waals surface area contributed by atoms with Crippen molar-refractivity contribution in [3.05, 3.63) is 12.2 Å². The van der Waals surface area contributed by atoms with Gasteiger partial charge in [0.05, 0.1) is 11.8 Å². The summed E-state index contributed by atoms with van der Waals surface area (Å²) in [5.74, 6) is 3.45. The van der Waals surface area contributed by atoms with Crippen LogP contribution < -0.4 is 5.32 Å². The Labute approximate surface area is 101 Å². The van der Waals surface area contributed by atoms with Gasteiger partial charge in [-0.2, -0.15) is 0 Å². The van der Waals surface area contributed by atoms with Crippen LogP contribution in [0.4, 0.5) is 0 Å². The van der Waals surface area contributed by atoms with Crippen molar-refractivity contribution >= 4 is 11.9 Å². The van der Waals surface area contributed by atoms with Gasteiger partial charge in [-0.1, -0.05) is 12.2 Å². The molecule has 17 heavy (non-hydrogen) atoms. The molecular weight excluding hydrogens is 218 g/mol. The Balaban J connectivity index is 2.50. The summed E-state index contributed by atoms with van der Waals surface area (Å²) in [5, 5.41) is 11.8. The highest BCUT2D eigenvalue weighted by atomic mass is 16.4. The summed E-state index contributed by atoms with van der Waals surface area (Å²) in [4.78, 5) is 22.8. The monoisotopic (exact) mass is 235 g/mol. The first-order chi connectivity index (χ1) is 8.16. The molecule has 4 nitrogen and oxygen atoms in total. The SMILES string of the molecule is CC#CCCNC(=O)C1CC=CCC1C(=O)O. The van der Waals surface area contributed by atoms with Crippen molar-refractivity contribution in [1.82, 2.24) is 5.32 Å². The summed E-state index contributed by atoms with van der Waals surface area (Å²) in [5.41, 5.74) is 0. The second kappa shape index (κ2) is 6.74. The minimum Gasteiger partial charge on any atom is -0.481 e. The first-order valence-corrected chi connectivity index (χ1v) is 5.72. The Morgan fingerprint density at radius 1 is 1.35 bits per heavy atom. The molecule has 0 spiro atoms. The van der Waals surface area contributed by atoms with Crippen molar-refractivity contribution in [2.45, 2.75) is 26.2 Å². The van der Waals surface area contributed by atoms with Crippen LogP contribution in [0.15, 0.2) is 12.2 Å². The molecule has 92 valence electrons. The molecule has 1 aliphatic rings. The van der Waals surface area contributed by atoms with E-state index in [0.29, 0.717) is 25.8 Å². The fourth-order valence-corrected chi connectivity index (χ4v) is 1.88. The van der Waals surface area contributed by atoms with Gasteiger partial charge in [0.15, 0.2) is 0 Å². The third-order valence-corrected chi connectivity index (χ3v) is 2.81. The van der Waals surface area contributed by atoms with Gasteiger partial charge < -0.3 is 10.4 Å². The van der Waals surface area contributed by atoms with Gasteiger partial charge >= 0.3 is 5.97 Å². The van der Waals surface area contributed by atoms with E-state index < -0.39 is 17.8 Å². The van der Waals surface area contributed by atoms with Crippen LogP contribution in [0.2, 0.25) is 0 Å². The molecule has 0 saturated carbocycles. The minimum absolute atomic E-state index is 0.181. The van der Waals surface area contributed by atoms with Crippen molar-refractivity contribution in [3.63, 3.8) is 0 Å². The summed E-state index contributed by atoms with van der Waals surface area (Å²) in [6.45, 7) is 2.22. The highest BCUT2D eigenvalue weighted by molar-refractivity contribution is 5.85. The van der Waals surface area contributed by atoms with Crippen LogP contribution in [0.1, 0.15) is 26.2 Å². The second-order valence-corrected chi connectivity index (χ2v) is 3.96. The van der Waals surface area contributed by atoms with E-state index in [4.69, 9.17) is 5.11 Å². The van der Waals surface area contributed by atoms with Crippen LogP contribution in [0, 0.1) is 23.7 Å². The molecule has 0 aliphatic heterocycles. The first kappa shape index (κ1) is 13.3. The lowest BCUT2D eigenvalue weighted by molar-refractivity contribution is -0.147. The lowest BCUT2D eigenvalue weighted by atomic mass is 9.82. The van der Waals surface area contributed by atoms with Gasteiger partial charge in [-0.3, -0.25) is 9.59 Å². The molecule has 1 aliphatic carbocycles. The molecule has 0 aromatic carbocycles. The Hall–Kier alpha value is -1.76. The standard InChI is InChI=1S/C13H17NO3/c1-2-3-6-9-14-12(15)10-7-4-5-8-11(10)13(16)17/h4-5,10-11H,6-9H2,1H3,(H,14,15)(H,16,17). The lowest BCUT2D eigenvalue weighted by Gasteiger charge is -2.23. The van der Waals surface area contributed by atoms with Crippen LogP contribution >= 0.6 is 0 Å². The Kier molecular flexibility index (Phi) is 5.28. The molecule has 1 amide bonds. The molecule has 1 rings (SSSR count).